The second kappa shape index (κ2) is 6.45. The molecule has 0 radical (unpaired) electrons. The van der Waals surface area contributed by atoms with Crippen molar-refractivity contribution in [1.29, 1.82) is 0 Å². The lowest BCUT2D eigenvalue weighted by atomic mass is 9.97. The first-order valence-corrected chi connectivity index (χ1v) is 10.4. The predicted molar refractivity (Wildman–Crippen MR) is 123 cm³/mol. The van der Waals surface area contributed by atoms with Crippen LogP contribution in [0.1, 0.15) is 31.1 Å². The van der Waals surface area contributed by atoms with Gasteiger partial charge in [0.25, 0.3) is 0 Å². The summed E-state index contributed by atoms with van der Waals surface area (Å²) in [6, 6.07) is 25.0. The minimum absolute atomic E-state index is 0.399. The van der Waals surface area contributed by atoms with Crippen LogP contribution in [0.5, 0.6) is 0 Å². The number of para-hydroxylation sites is 1. The van der Waals surface area contributed by atoms with Crippen LogP contribution < -0.4 is 4.57 Å². The molecule has 0 saturated heterocycles. The molecular formula is C27H27N2+. The highest BCUT2D eigenvalue weighted by molar-refractivity contribution is 6.10. The number of nitrogens with zero attached hydrogens (tertiary/aromatic N) is 2. The molecule has 144 valence electrons. The van der Waals surface area contributed by atoms with Crippen LogP contribution in [0.2, 0.25) is 0 Å². The van der Waals surface area contributed by atoms with Gasteiger partial charge in [0.2, 0.25) is 5.69 Å². The van der Waals surface area contributed by atoms with Gasteiger partial charge in [0, 0.05) is 35.3 Å². The summed E-state index contributed by atoms with van der Waals surface area (Å²) in [6.07, 6.45) is 0. The molecule has 0 aliphatic rings. The molecule has 0 aliphatic carbocycles. The molecule has 0 N–H and O–H groups in total. The van der Waals surface area contributed by atoms with E-state index < -0.39 is 0 Å². The average molecular weight is 380 g/mol. The van der Waals surface area contributed by atoms with Crippen LogP contribution >= 0.6 is 0 Å². The van der Waals surface area contributed by atoms with Gasteiger partial charge in [-0.15, -0.1) is 0 Å². The van der Waals surface area contributed by atoms with E-state index in [1.54, 1.807) is 0 Å². The molecule has 5 rings (SSSR count). The summed E-state index contributed by atoms with van der Waals surface area (Å²) in [4.78, 5) is 0. The molecule has 0 unspecified atom stereocenters. The first-order chi connectivity index (χ1) is 14.0. The normalized spacial score (nSPS) is 11.9. The largest absolute Gasteiger partial charge is 0.338 e. The van der Waals surface area contributed by atoms with E-state index in [9.17, 15) is 0 Å². The van der Waals surface area contributed by atoms with E-state index in [1.807, 2.05) is 0 Å². The van der Waals surface area contributed by atoms with Crippen molar-refractivity contribution in [2.45, 2.75) is 33.7 Å². The molecule has 0 fully saturated rings. The van der Waals surface area contributed by atoms with Gasteiger partial charge in [0.15, 0.2) is 5.69 Å². The molecule has 0 aliphatic heterocycles. The summed E-state index contributed by atoms with van der Waals surface area (Å²) < 4.78 is 4.81. The molecule has 0 spiro atoms. The highest BCUT2D eigenvalue weighted by Crippen LogP contribution is 2.37. The fourth-order valence-electron chi connectivity index (χ4n) is 4.81. The smallest absolute Gasteiger partial charge is 0.220 e. The predicted octanol–water partition coefficient (Wildman–Crippen LogP) is 6.64. The van der Waals surface area contributed by atoms with Crippen molar-refractivity contribution in [2.24, 2.45) is 7.05 Å². The monoisotopic (exact) mass is 379 g/mol. The average Bonchev–Trinajstić information content (AvgIpc) is 3.02. The molecule has 2 heteroatoms. The highest BCUT2D eigenvalue weighted by atomic mass is 15.0. The second-order valence-corrected chi connectivity index (χ2v) is 8.45. The Bertz CT molecular complexity index is 1400. The Morgan fingerprint density at radius 1 is 0.759 bits per heavy atom. The van der Waals surface area contributed by atoms with Crippen molar-refractivity contribution in [3.8, 4) is 11.3 Å². The number of fused-ring (bicyclic) bond motifs is 4. The van der Waals surface area contributed by atoms with Crippen LogP contribution in [0.25, 0.3) is 43.8 Å². The van der Waals surface area contributed by atoms with Gasteiger partial charge in [0.1, 0.15) is 7.05 Å². The Hall–Kier alpha value is -3.13. The van der Waals surface area contributed by atoms with Gasteiger partial charge in [0.05, 0.1) is 16.5 Å². The van der Waals surface area contributed by atoms with Gasteiger partial charge >= 0.3 is 0 Å². The van der Waals surface area contributed by atoms with Gasteiger partial charge in [-0.25, -0.2) is 0 Å². The summed E-state index contributed by atoms with van der Waals surface area (Å²) in [6.45, 7) is 8.98. The van der Waals surface area contributed by atoms with E-state index in [2.05, 4.69) is 111 Å². The van der Waals surface area contributed by atoms with Crippen LogP contribution in [0.3, 0.4) is 0 Å². The number of benzene rings is 3. The molecule has 2 heterocycles. The van der Waals surface area contributed by atoms with E-state index in [-0.39, 0.29) is 0 Å². The number of aryl methyl sites for hydroxylation is 2. The van der Waals surface area contributed by atoms with Gasteiger partial charge in [-0.1, -0.05) is 36.4 Å². The van der Waals surface area contributed by atoms with Crippen molar-refractivity contribution in [3.63, 3.8) is 0 Å². The van der Waals surface area contributed by atoms with Crippen molar-refractivity contribution in [1.82, 2.24) is 4.57 Å². The fourth-order valence-corrected chi connectivity index (χ4v) is 4.81. The SMILES string of the molecule is Cc1cc2c3ccccc3n(C(C)C)c2cc1-c1c2ccccc2cc(C)[n+]1C. The molecule has 5 aromatic rings. The molecule has 0 amide bonds. The van der Waals surface area contributed by atoms with E-state index in [1.165, 1.54) is 55.1 Å². The summed E-state index contributed by atoms with van der Waals surface area (Å²) in [5.41, 5.74) is 7.81. The quantitative estimate of drug-likeness (QED) is 0.304. The Morgan fingerprint density at radius 3 is 2.21 bits per heavy atom. The molecular weight excluding hydrogens is 352 g/mol. The van der Waals surface area contributed by atoms with Crippen molar-refractivity contribution in [3.05, 3.63) is 78.0 Å². The van der Waals surface area contributed by atoms with Crippen LogP contribution in [0.15, 0.2) is 66.7 Å². The van der Waals surface area contributed by atoms with Gasteiger partial charge in [-0.3, -0.25) is 0 Å². The van der Waals surface area contributed by atoms with E-state index in [0.29, 0.717) is 6.04 Å². The number of pyridine rings is 1. The molecule has 0 saturated carbocycles. The zero-order valence-corrected chi connectivity index (χ0v) is 17.8. The lowest BCUT2D eigenvalue weighted by molar-refractivity contribution is -0.665. The zero-order valence-electron chi connectivity index (χ0n) is 17.8. The summed E-state index contributed by atoms with van der Waals surface area (Å²) in [7, 11) is 2.18. The van der Waals surface area contributed by atoms with Gasteiger partial charge in [-0.2, -0.15) is 4.57 Å². The minimum Gasteiger partial charge on any atom is -0.338 e. The molecule has 2 nitrogen and oxygen atoms in total. The zero-order chi connectivity index (χ0) is 20.3. The Kier molecular flexibility index (Phi) is 3.99. The Labute approximate surface area is 172 Å². The molecule has 2 aromatic heterocycles. The fraction of sp³-hybridized carbons (Fsp3) is 0.222. The van der Waals surface area contributed by atoms with E-state index in [4.69, 9.17) is 0 Å². The maximum Gasteiger partial charge on any atom is 0.220 e. The number of hydrogen-bond acceptors (Lipinski definition) is 0. The van der Waals surface area contributed by atoms with Crippen LogP contribution in [-0.2, 0) is 7.05 Å². The maximum absolute atomic E-state index is 2.48. The van der Waals surface area contributed by atoms with Crippen LogP contribution in [0, 0.1) is 13.8 Å². The lowest BCUT2D eigenvalue weighted by Gasteiger charge is -2.14. The van der Waals surface area contributed by atoms with Crippen molar-refractivity contribution in [2.75, 3.05) is 0 Å². The Balaban J connectivity index is 1.95. The third-order valence-corrected chi connectivity index (χ3v) is 6.27. The van der Waals surface area contributed by atoms with Crippen molar-refractivity contribution < 1.29 is 4.57 Å². The number of rotatable bonds is 2. The van der Waals surface area contributed by atoms with Crippen molar-refractivity contribution >= 4 is 32.6 Å². The van der Waals surface area contributed by atoms with Gasteiger partial charge < -0.3 is 4.57 Å². The van der Waals surface area contributed by atoms with E-state index >= 15 is 0 Å². The Morgan fingerprint density at radius 2 is 1.45 bits per heavy atom. The molecule has 29 heavy (non-hydrogen) atoms. The van der Waals surface area contributed by atoms with Crippen LogP contribution in [0.4, 0.5) is 0 Å². The topological polar surface area (TPSA) is 8.81 Å². The van der Waals surface area contributed by atoms with Crippen LogP contribution in [-0.4, -0.2) is 4.57 Å². The molecule has 3 aromatic carbocycles. The number of hydrogen-bond donors (Lipinski definition) is 0. The standard InChI is InChI=1S/C27H27N2/c1-17(2)29-25-13-9-8-12-22(25)24-14-18(3)23(16-26(24)29)27-21-11-7-6-10-20(21)15-19(4)28(27)5/h6-17H,1-5H3/q+1. The maximum atomic E-state index is 2.48. The molecule has 0 atom stereocenters. The molecule has 0 bridgehead atoms. The third-order valence-electron chi connectivity index (χ3n) is 6.27. The first kappa shape index (κ1) is 17.9. The first-order valence-electron chi connectivity index (χ1n) is 10.4. The van der Waals surface area contributed by atoms with Gasteiger partial charge in [-0.05, 0) is 56.0 Å². The summed E-state index contributed by atoms with van der Waals surface area (Å²) in [5.74, 6) is 0. The summed E-state index contributed by atoms with van der Waals surface area (Å²) in [5, 5.41) is 5.27. The highest BCUT2D eigenvalue weighted by Gasteiger charge is 2.22. The van der Waals surface area contributed by atoms with E-state index in [0.717, 1.165) is 0 Å². The second-order valence-electron chi connectivity index (χ2n) is 8.45. The number of aromatic nitrogens is 2. The lowest BCUT2D eigenvalue weighted by Crippen LogP contribution is -2.35. The summed E-state index contributed by atoms with van der Waals surface area (Å²) >= 11 is 0. The minimum atomic E-state index is 0.399. The third kappa shape index (κ3) is 2.59.